The number of rotatable bonds is 1. The summed E-state index contributed by atoms with van der Waals surface area (Å²) < 4.78 is 0. The van der Waals surface area contributed by atoms with Crippen LogP contribution in [0.15, 0.2) is 84.9 Å². The van der Waals surface area contributed by atoms with Gasteiger partial charge in [-0.05, 0) is 22.5 Å². The standard InChI is InChI=1S/C30H26BN3Si2/c1-35(2)25-15-7-5-13-23(25)31(24-14-6-8-16-26(24)35)34-29-21(19-32)11-9-17-27(29)36(3,4)28-18-10-12-22(20-33)30(28)34/h5-18H,1-4H3. The Morgan fingerprint density at radius 2 is 0.944 bits per heavy atom. The molecule has 2 aliphatic heterocycles. The zero-order valence-electron chi connectivity index (χ0n) is 21.0. The summed E-state index contributed by atoms with van der Waals surface area (Å²) in [5, 5.41) is 26.0. The lowest BCUT2D eigenvalue weighted by atomic mass is 9.48. The molecule has 3 nitrogen and oxygen atoms in total. The van der Waals surface area contributed by atoms with Crippen LogP contribution in [0.4, 0.5) is 11.4 Å². The van der Waals surface area contributed by atoms with E-state index in [0.717, 1.165) is 11.4 Å². The Hall–Kier alpha value is -3.84. The first kappa shape index (κ1) is 22.6. The molecule has 0 atom stereocenters. The van der Waals surface area contributed by atoms with Crippen LogP contribution in [0.25, 0.3) is 0 Å². The molecule has 0 radical (unpaired) electrons. The summed E-state index contributed by atoms with van der Waals surface area (Å²) in [7, 11) is -4.12. The third kappa shape index (κ3) is 2.89. The summed E-state index contributed by atoms with van der Waals surface area (Å²) >= 11 is 0. The fraction of sp³-hybridized carbons (Fsp3) is 0.133. The van der Waals surface area contributed by atoms with E-state index in [4.69, 9.17) is 0 Å². The van der Waals surface area contributed by atoms with E-state index in [-0.39, 0.29) is 6.85 Å². The molecule has 0 aromatic heterocycles. The van der Waals surface area contributed by atoms with E-state index in [1.807, 2.05) is 24.3 Å². The molecule has 2 aliphatic rings. The highest BCUT2D eigenvalue weighted by atomic mass is 28.3. The molecule has 0 amide bonds. The van der Waals surface area contributed by atoms with Gasteiger partial charge in [-0.3, -0.25) is 0 Å². The summed E-state index contributed by atoms with van der Waals surface area (Å²) in [4.78, 5) is 2.35. The van der Waals surface area contributed by atoms with E-state index < -0.39 is 16.1 Å². The first-order chi connectivity index (χ1) is 17.3. The van der Waals surface area contributed by atoms with Gasteiger partial charge in [0.05, 0.1) is 11.1 Å². The summed E-state index contributed by atoms with van der Waals surface area (Å²) in [6, 6.07) is 34.9. The van der Waals surface area contributed by atoms with Crippen LogP contribution in [0.1, 0.15) is 11.1 Å². The Labute approximate surface area is 215 Å². The van der Waals surface area contributed by atoms with Crippen LogP contribution in [-0.2, 0) is 0 Å². The summed E-state index contributed by atoms with van der Waals surface area (Å²) in [5.41, 5.74) is 5.86. The smallest absolute Gasteiger partial charge is 0.328 e. The monoisotopic (exact) mass is 495 g/mol. The lowest BCUT2D eigenvalue weighted by molar-refractivity contribution is 1.34. The van der Waals surface area contributed by atoms with Crippen LogP contribution in [0.3, 0.4) is 0 Å². The van der Waals surface area contributed by atoms with E-state index in [1.54, 1.807) is 0 Å². The molecule has 0 saturated heterocycles. The van der Waals surface area contributed by atoms with E-state index in [1.165, 1.54) is 31.7 Å². The van der Waals surface area contributed by atoms with Crippen molar-refractivity contribution in [3.05, 3.63) is 96.1 Å². The molecular formula is C30H26BN3Si2. The van der Waals surface area contributed by atoms with Gasteiger partial charge >= 0.3 is 6.85 Å². The first-order valence-corrected chi connectivity index (χ1v) is 18.4. The largest absolute Gasteiger partial charge is 0.375 e. The van der Waals surface area contributed by atoms with Gasteiger partial charge < -0.3 is 4.81 Å². The van der Waals surface area contributed by atoms with Crippen molar-refractivity contribution in [2.24, 2.45) is 0 Å². The van der Waals surface area contributed by atoms with Gasteiger partial charge in [-0.15, -0.1) is 0 Å². The van der Waals surface area contributed by atoms with E-state index in [9.17, 15) is 10.5 Å². The predicted octanol–water partition coefficient (Wildman–Crippen LogP) is 2.65. The molecule has 172 valence electrons. The van der Waals surface area contributed by atoms with Crippen molar-refractivity contribution in [1.29, 1.82) is 10.5 Å². The average molecular weight is 496 g/mol. The highest BCUT2D eigenvalue weighted by Crippen LogP contribution is 2.37. The first-order valence-electron chi connectivity index (χ1n) is 12.4. The predicted molar refractivity (Wildman–Crippen MR) is 156 cm³/mol. The maximum atomic E-state index is 10.3. The zero-order valence-corrected chi connectivity index (χ0v) is 23.0. The molecule has 4 aromatic carbocycles. The Morgan fingerprint density at radius 3 is 1.39 bits per heavy atom. The number of fused-ring (bicyclic) bond motifs is 4. The van der Waals surface area contributed by atoms with Crippen molar-refractivity contribution in [3.8, 4) is 12.1 Å². The molecule has 36 heavy (non-hydrogen) atoms. The maximum Gasteiger partial charge on any atom is 0.328 e. The molecule has 6 heteroatoms. The van der Waals surface area contributed by atoms with Gasteiger partial charge in [0, 0.05) is 11.4 Å². The number of anilines is 2. The molecule has 0 aliphatic carbocycles. The highest BCUT2D eigenvalue weighted by Gasteiger charge is 2.49. The second-order valence-corrected chi connectivity index (χ2v) is 19.5. The third-order valence-electron chi connectivity index (χ3n) is 8.26. The summed E-state index contributed by atoms with van der Waals surface area (Å²) in [5.74, 6) is 0. The van der Waals surface area contributed by atoms with Crippen molar-refractivity contribution >= 4 is 66.0 Å². The SMILES string of the molecule is C[Si]1(C)c2ccccc2B(N2c3c(C#N)cccc3[Si](C)(C)c3cccc(C#N)c32)c2ccccc21. The number of nitrogens with zero attached hydrogens (tertiary/aromatic N) is 3. The van der Waals surface area contributed by atoms with Crippen molar-refractivity contribution in [2.75, 3.05) is 4.81 Å². The fourth-order valence-corrected chi connectivity index (χ4v) is 12.7. The van der Waals surface area contributed by atoms with Crippen molar-refractivity contribution in [3.63, 3.8) is 0 Å². The lowest BCUT2D eigenvalue weighted by Crippen LogP contribution is -2.78. The van der Waals surface area contributed by atoms with Gasteiger partial charge in [-0.1, -0.05) is 120 Å². The van der Waals surface area contributed by atoms with Crippen LogP contribution in [0.2, 0.25) is 26.2 Å². The Bertz CT molecular complexity index is 1530. The second-order valence-electron chi connectivity index (χ2n) is 10.8. The number of para-hydroxylation sites is 2. The number of benzene rings is 4. The Kier molecular flexibility index (Phi) is 4.92. The molecule has 0 unspecified atom stereocenters. The minimum atomic E-state index is -2.18. The molecule has 0 fully saturated rings. The molecule has 4 aromatic rings. The summed E-state index contributed by atoms with van der Waals surface area (Å²) in [6.07, 6.45) is 0. The van der Waals surface area contributed by atoms with Crippen molar-refractivity contribution < 1.29 is 0 Å². The third-order valence-corrected chi connectivity index (χ3v) is 15.4. The van der Waals surface area contributed by atoms with E-state index >= 15 is 0 Å². The van der Waals surface area contributed by atoms with Gasteiger partial charge in [0.25, 0.3) is 0 Å². The highest BCUT2D eigenvalue weighted by molar-refractivity contribution is 7.12. The van der Waals surface area contributed by atoms with E-state index in [0.29, 0.717) is 11.1 Å². The topological polar surface area (TPSA) is 50.8 Å². The van der Waals surface area contributed by atoms with Gasteiger partial charge in [-0.2, -0.15) is 10.5 Å². The minimum Gasteiger partial charge on any atom is -0.375 e. The normalized spacial score (nSPS) is 16.1. The zero-order chi connectivity index (χ0) is 25.2. The van der Waals surface area contributed by atoms with Gasteiger partial charge in [-0.25, -0.2) is 0 Å². The van der Waals surface area contributed by atoms with Gasteiger partial charge in [0.1, 0.15) is 28.3 Å². The Morgan fingerprint density at radius 1 is 0.556 bits per heavy atom. The molecule has 0 bridgehead atoms. The van der Waals surface area contributed by atoms with Gasteiger partial charge in [0.15, 0.2) is 0 Å². The van der Waals surface area contributed by atoms with E-state index in [2.05, 4.69) is 104 Å². The molecule has 6 rings (SSSR count). The van der Waals surface area contributed by atoms with Crippen LogP contribution in [-0.4, -0.2) is 23.0 Å². The molecule has 2 heterocycles. The van der Waals surface area contributed by atoms with Crippen molar-refractivity contribution in [1.82, 2.24) is 0 Å². The fourth-order valence-electron chi connectivity index (χ4n) is 6.51. The van der Waals surface area contributed by atoms with Gasteiger partial charge in [0.2, 0.25) is 0 Å². The molecular weight excluding hydrogens is 469 g/mol. The number of hydrogen-bond acceptors (Lipinski definition) is 3. The average Bonchev–Trinajstić information content (AvgIpc) is 2.90. The molecule has 0 saturated carbocycles. The molecule has 0 spiro atoms. The maximum absolute atomic E-state index is 10.3. The second kappa shape index (κ2) is 7.83. The van der Waals surface area contributed by atoms with Crippen LogP contribution in [0, 0.1) is 22.7 Å². The number of hydrogen-bond donors (Lipinski definition) is 0. The quantitative estimate of drug-likeness (QED) is 0.382. The van der Waals surface area contributed by atoms with Crippen LogP contribution < -0.4 is 36.5 Å². The molecule has 0 N–H and O–H groups in total. The van der Waals surface area contributed by atoms with Crippen LogP contribution >= 0.6 is 0 Å². The lowest BCUT2D eigenvalue weighted by Gasteiger charge is -2.48. The minimum absolute atomic E-state index is 0.121. The Balaban J connectivity index is 1.79. The number of nitriles is 2. The van der Waals surface area contributed by atoms with Crippen LogP contribution in [0.5, 0.6) is 0 Å². The summed E-state index contributed by atoms with van der Waals surface area (Å²) in [6.45, 7) is 9.41. The van der Waals surface area contributed by atoms with Crippen molar-refractivity contribution in [2.45, 2.75) is 26.2 Å².